The van der Waals surface area contributed by atoms with Crippen LogP contribution in [-0.4, -0.2) is 49.5 Å². The number of fused-ring (bicyclic) bond motifs is 1. The third-order valence-corrected chi connectivity index (χ3v) is 7.23. The molecule has 1 N–H and O–H groups in total. The van der Waals surface area contributed by atoms with E-state index in [-0.39, 0.29) is 24.0 Å². The normalized spacial score (nSPS) is 19.4. The number of benzene rings is 1. The van der Waals surface area contributed by atoms with Crippen molar-refractivity contribution in [2.75, 3.05) is 37.6 Å². The minimum absolute atomic E-state index is 0. The lowest BCUT2D eigenvalue weighted by atomic mass is 9.98. The van der Waals surface area contributed by atoms with Crippen molar-refractivity contribution in [2.24, 2.45) is 4.99 Å². The molecule has 0 saturated carbocycles. The summed E-state index contributed by atoms with van der Waals surface area (Å²) < 4.78 is 0. The lowest BCUT2D eigenvalue weighted by Gasteiger charge is -2.24. The maximum absolute atomic E-state index is 12.0. The number of amides is 1. The third kappa shape index (κ3) is 5.61. The molecular weight excluding hydrogens is 519 g/mol. The van der Waals surface area contributed by atoms with Crippen molar-refractivity contribution in [1.82, 2.24) is 10.2 Å². The maximum Gasteiger partial charge on any atom is 0.222 e. The molecule has 3 heterocycles. The highest BCUT2D eigenvalue weighted by molar-refractivity contribution is 14.0. The van der Waals surface area contributed by atoms with Crippen molar-refractivity contribution in [3.05, 3.63) is 52.2 Å². The quantitative estimate of drug-likeness (QED) is 0.297. The number of halogens is 1. The molecule has 5 nitrogen and oxygen atoms in total. The van der Waals surface area contributed by atoms with Gasteiger partial charge in [0, 0.05) is 55.0 Å². The Balaban J connectivity index is 0.00000272. The molecule has 2 aromatic rings. The summed E-state index contributed by atoms with van der Waals surface area (Å²) in [6.07, 6.45) is 2.73. The van der Waals surface area contributed by atoms with Crippen LogP contribution in [0.5, 0.6) is 0 Å². The van der Waals surface area contributed by atoms with E-state index in [0.717, 1.165) is 51.5 Å². The number of para-hydroxylation sites is 1. The first-order valence-electron chi connectivity index (χ1n) is 11.1. The molecule has 1 fully saturated rings. The van der Waals surface area contributed by atoms with Gasteiger partial charge in [-0.1, -0.05) is 31.2 Å². The lowest BCUT2D eigenvalue weighted by Crippen LogP contribution is -2.41. The second-order valence-electron chi connectivity index (χ2n) is 8.25. The number of aliphatic imine (C=N–C) groups is 1. The summed E-state index contributed by atoms with van der Waals surface area (Å²) in [4.78, 5) is 22.8. The van der Waals surface area contributed by atoms with Crippen LogP contribution in [0.25, 0.3) is 0 Å². The smallest absolute Gasteiger partial charge is 0.222 e. The van der Waals surface area contributed by atoms with Gasteiger partial charge in [0.2, 0.25) is 5.91 Å². The minimum Gasteiger partial charge on any atom is -0.356 e. The largest absolute Gasteiger partial charge is 0.356 e. The molecule has 1 saturated heterocycles. The Morgan fingerprint density at radius 3 is 2.84 bits per heavy atom. The second-order valence-corrected chi connectivity index (χ2v) is 9.23. The molecule has 0 aliphatic carbocycles. The lowest BCUT2D eigenvalue weighted by molar-refractivity contribution is -0.127. The highest BCUT2D eigenvalue weighted by atomic mass is 127. The van der Waals surface area contributed by atoms with Gasteiger partial charge in [0.25, 0.3) is 0 Å². The number of nitrogens with one attached hydrogen (secondary N) is 1. The average molecular weight is 553 g/mol. The molecule has 7 heteroatoms. The van der Waals surface area contributed by atoms with Crippen molar-refractivity contribution in [1.29, 1.82) is 0 Å². The van der Waals surface area contributed by atoms with E-state index in [4.69, 9.17) is 4.99 Å². The topological polar surface area (TPSA) is 47.9 Å². The van der Waals surface area contributed by atoms with Crippen LogP contribution in [0.2, 0.25) is 0 Å². The molecule has 0 radical (unpaired) electrons. The molecule has 2 atom stereocenters. The second kappa shape index (κ2) is 11.3. The van der Waals surface area contributed by atoms with Crippen LogP contribution in [-0.2, 0) is 4.79 Å². The highest BCUT2D eigenvalue weighted by Gasteiger charge is 2.32. The molecular formula is C24H33IN4OS. The van der Waals surface area contributed by atoms with Gasteiger partial charge in [-0.05, 0) is 42.8 Å². The van der Waals surface area contributed by atoms with Gasteiger partial charge in [-0.25, -0.2) is 0 Å². The van der Waals surface area contributed by atoms with Crippen molar-refractivity contribution in [3.8, 4) is 0 Å². The zero-order chi connectivity index (χ0) is 20.9. The van der Waals surface area contributed by atoms with E-state index in [1.807, 2.05) is 4.90 Å². The van der Waals surface area contributed by atoms with E-state index >= 15 is 0 Å². The number of anilines is 1. The molecule has 0 spiro atoms. The number of nitrogens with zero attached hydrogens (tertiary/aromatic N) is 3. The fourth-order valence-electron chi connectivity index (χ4n) is 4.47. The van der Waals surface area contributed by atoms with Gasteiger partial charge in [-0.15, -0.1) is 35.3 Å². The maximum atomic E-state index is 12.0. The molecule has 31 heavy (non-hydrogen) atoms. The summed E-state index contributed by atoms with van der Waals surface area (Å²) in [5, 5.41) is 5.64. The summed E-state index contributed by atoms with van der Waals surface area (Å²) in [6.45, 7) is 8.67. The van der Waals surface area contributed by atoms with E-state index in [1.165, 1.54) is 16.1 Å². The Morgan fingerprint density at radius 2 is 2.13 bits per heavy atom. The van der Waals surface area contributed by atoms with Crippen LogP contribution in [0.3, 0.4) is 0 Å². The number of hydrogen-bond acceptors (Lipinski definition) is 3. The fourth-order valence-corrected chi connectivity index (χ4v) is 5.25. The van der Waals surface area contributed by atoms with E-state index in [0.29, 0.717) is 24.2 Å². The first kappa shape index (κ1) is 24.0. The van der Waals surface area contributed by atoms with Gasteiger partial charge < -0.3 is 15.1 Å². The minimum atomic E-state index is 0. The molecule has 168 valence electrons. The van der Waals surface area contributed by atoms with Crippen LogP contribution in [0.4, 0.5) is 5.69 Å². The molecule has 1 aromatic carbocycles. The highest BCUT2D eigenvalue weighted by Crippen LogP contribution is 2.38. The number of guanidine groups is 1. The van der Waals surface area contributed by atoms with Crippen molar-refractivity contribution < 1.29 is 4.79 Å². The summed E-state index contributed by atoms with van der Waals surface area (Å²) in [5.41, 5.74) is 2.62. The Labute approximate surface area is 206 Å². The van der Waals surface area contributed by atoms with E-state index < -0.39 is 0 Å². The van der Waals surface area contributed by atoms with E-state index in [2.05, 4.69) is 65.8 Å². The summed E-state index contributed by atoms with van der Waals surface area (Å²) in [7, 11) is 0. The third-order valence-electron chi connectivity index (χ3n) is 6.12. The van der Waals surface area contributed by atoms with Gasteiger partial charge >= 0.3 is 0 Å². The van der Waals surface area contributed by atoms with Crippen LogP contribution in [0.1, 0.15) is 55.4 Å². The zero-order valence-corrected chi connectivity index (χ0v) is 21.6. The van der Waals surface area contributed by atoms with Crippen molar-refractivity contribution in [2.45, 2.75) is 44.9 Å². The first-order chi connectivity index (χ1) is 14.7. The van der Waals surface area contributed by atoms with Crippen LogP contribution < -0.4 is 10.2 Å². The van der Waals surface area contributed by atoms with Gasteiger partial charge in [0.1, 0.15) is 0 Å². The molecule has 4 rings (SSSR count). The fraction of sp³-hybridized carbons (Fsp3) is 0.500. The Hall–Kier alpha value is -1.61. The van der Waals surface area contributed by atoms with Crippen LogP contribution in [0.15, 0.2) is 46.8 Å². The molecule has 2 unspecified atom stereocenters. The number of rotatable bonds is 7. The van der Waals surface area contributed by atoms with Crippen molar-refractivity contribution in [3.63, 3.8) is 0 Å². The van der Waals surface area contributed by atoms with Gasteiger partial charge in [-0.2, -0.15) is 0 Å². The Morgan fingerprint density at radius 1 is 1.29 bits per heavy atom. The molecule has 1 aromatic heterocycles. The SMILES string of the molecule is CCNC(=NCC(C)c1cccs1)N1CC(CCN2CCCC2=O)c2ccccc21.I. The summed E-state index contributed by atoms with van der Waals surface area (Å²) in [6, 6.07) is 13.0. The van der Waals surface area contributed by atoms with Gasteiger partial charge in [-0.3, -0.25) is 9.79 Å². The number of likely N-dealkylation sites (tertiary alicyclic amines) is 1. The van der Waals surface area contributed by atoms with E-state index in [9.17, 15) is 4.79 Å². The molecule has 0 bridgehead atoms. The summed E-state index contributed by atoms with van der Waals surface area (Å²) >= 11 is 1.80. The summed E-state index contributed by atoms with van der Waals surface area (Å²) in [5.74, 6) is 2.12. The Bertz CT molecular complexity index is 885. The van der Waals surface area contributed by atoms with Crippen LogP contribution >= 0.6 is 35.3 Å². The molecule has 1 amide bonds. The predicted molar refractivity (Wildman–Crippen MR) is 141 cm³/mol. The molecule has 2 aliphatic heterocycles. The monoisotopic (exact) mass is 552 g/mol. The first-order valence-corrected chi connectivity index (χ1v) is 12.0. The van der Waals surface area contributed by atoms with E-state index in [1.54, 1.807) is 11.3 Å². The average Bonchev–Trinajstić information content (AvgIpc) is 3.50. The number of carbonyl (C=O) groups is 1. The van der Waals surface area contributed by atoms with Crippen LogP contribution in [0, 0.1) is 0 Å². The Kier molecular flexibility index (Phi) is 8.77. The van der Waals surface area contributed by atoms with Crippen molar-refractivity contribution >= 4 is 52.9 Å². The predicted octanol–water partition coefficient (Wildman–Crippen LogP) is 5.05. The standard InChI is InChI=1S/C24H32N4OS.HI/c1-3-25-24(26-16-18(2)22-10-7-15-30-22)28-17-19(20-8-4-5-9-21(20)28)12-14-27-13-6-11-23(27)29;/h4-5,7-10,15,18-19H,3,6,11-14,16-17H2,1-2H3,(H,25,26);1H. The number of carbonyl (C=O) groups excluding carboxylic acids is 1. The number of thiophene rings is 1. The number of hydrogen-bond donors (Lipinski definition) is 1. The van der Waals surface area contributed by atoms with Gasteiger partial charge in [0.15, 0.2) is 5.96 Å². The van der Waals surface area contributed by atoms with Gasteiger partial charge in [0.05, 0.1) is 6.54 Å². The zero-order valence-electron chi connectivity index (χ0n) is 18.4. The molecule has 2 aliphatic rings.